The van der Waals surface area contributed by atoms with Crippen LogP contribution in [0.3, 0.4) is 0 Å². The van der Waals surface area contributed by atoms with Gasteiger partial charge >= 0.3 is 0 Å². The van der Waals surface area contributed by atoms with E-state index in [2.05, 4.69) is 21.2 Å². The molecular formula is C25H27FN4O2. The van der Waals surface area contributed by atoms with Gasteiger partial charge in [0.25, 0.3) is 5.91 Å². The summed E-state index contributed by atoms with van der Waals surface area (Å²) in [6, 6.07) is 14.1. The first-order valence-corrected chi connectivity index (χ1v) is 10.7. The van der Waals surface area contributed by atoms with E-state index in [9.17, 15) is 9.18 Å². The summed E-state index contributed by atoms with van der Waals surface area (Å²) in [5.41, 5.74) is 4.86. The van der Waals surface area contributed by atoms with E-state index in [1.165, 1.54) is 12.1 Å². The van der Waals surface area contributed by atoms with Crippen molar-refractivity contribution < 1.29 is 13.9 Å². The maximum atomic E-state index is 13.1. The largest absolute Gasteiger partial charge is 0.483 e. The van der Waals surface area contributed by atoms with Gasteiger partial charge in [-0.25, -0.2) is 4.39 Å². The molecule has 0 aliphatic carbocycles. The summed E-state index contributed by atoms with van der Waals surface area (Å²) < 4.78 is 18.9. The molecule has 6 nitrogen and oxygen atoms in total. The number of hydrogen-bond acceptors (Lipinski definition) is 5. The molecule has 1 saturated heterocycles. The Bertz CT molecular complexity index is 1090. The number of piperazine rings is 1. The molecule has 1 aliphatic rings. The van der Waals surface area contributed by atoms with Gasteiger partial charge in [0.15, 0.2) is 12.4 Å². The van der Waals surface area contributed by atoms with Crippen molar-refractivity contribution in [3.05, 3.63) is 71.0 Å². The van der Waals surface area contributed by atoms with Crippen LogP contribution in [0.15, 0.2) is 48.5 Å². The van der Waals surface area contributed by atoms with Crippen molar-refractivity contribution in [1.29, 1.82) is 0 Å². The molecule has 2 aromatic carbocycles. The highest BCUT2D eigenvalue weighted by molar-refractivity contribution is 5.78. The lowest BCUT2D eigenvalue weighted by molar-refractivity contribution is -0.133. The van der Waals surface area contributed by atoms with Crippen LogP contribution in [0, 0.1) is 26.6 Å². The van der Waals surface area contributed by atoms with Gasteiger partial charge < -0.3 is 14.5 Å². The third-order valence-corrected chi connectivity index (χ3v) is 5.86. The third kappa shape index (κ3) is 4.88. The minimum Gasteiger partial charge on any atom is -0.483 e. The second-order valence-electron chi connectivity index (χ2n) is 8.15. The number of hydrogen-bond donors (Lipinski definition) is 0. The van der Waals surface area contributed by atoms with Gasteiger partial charge in [-0.1, -0.05) is 6.07 Å². The third-order valence-electron chi connectivity index (χ3n) is 5.86. The minimum absolute atomic E-state index is 0.0130. The van der Waals surface area contributed by atoms with Crippen LogP contribution in [0.1, 0.15) is 16.7 Å². The van der Waals surface area contributed by atoms with E-state index in [0.717, 1.165) is 33.8 Å². The molecule has 0 N–H and O–H groups in total. The van der Waals surface area contributed by atoms with Gasteiger partial charge in [-0.2, -0.15) is 0 Å². The summed E-state index contributed by atoms with van der Waals surface area (Å²) in [6.45, 7) is 8.69. The number of carbonyl (C=O) groups excluding carboxylic acids is 1. The van der Waals surface area contributed by atoms with Gasteiger partial charge in [0.1, 0.15) is 11.6 Å². The number of carbonyl (C=O) groups is 1. The molecular weight excluding hydrogens is 407 g/mol. The average molecular weight is 435 g/mol. The molecule has 0 radical (unpaired) electrons. The Morgan fingerprint density at radius 3 is 2.34 bits per heavy atom. The molecule has 0 unspecified atom stereocenters. The molecule has 0 bridgehead atoms. The summed E-state index contributed by atoms with van der Waals surface area (Å²) in [6.07, 6.45) is 0. The van der Waals surface area contributed by atoms with Crippen LogP contribution in [-0.2, 0) is 4.79 Å². The lowest BCUT2D eigenvalue weighted by Crippen LogP contribution is -2.50. The molecule has 1 aliphatic heterocycles. The highest BCUT2D eigenvalue weighted by Gasteiger charge is 2.22. The predicted molar refractivity (Wildman–Crippen MR) is 122 cm³/mol. The number of rotatable bonds is 5. The van der Waals surface area contributed by atoms with Crippen molar-refractivity contribution in [2.45, 2.75) is 20.8 Å². The highest BCUT2D eigenvalue weighted by atomic mass is 19.1. The second kappa shape index (κ2) is 9.34. The number of halogens is 1. The number of aromatic nitrogens is 2. The van der Waals surface area contributed by atoms with Crippen LogP contribution in [0.2, 0.25) is 0 Å². The fourth-order valence-electron chi connectivity index (χ4n) is 3.83. The van der Waals surface area contributed by atoms with Crippen molar-refractivity contribution in [3.63, 3.8) is 0 Å². The van der Waals surface area contributed by atoms with Crippen molar-refractivity contribution in [2.75, 3.05) is 37.7 Å². The lowest BCUT2D eigenvalue weighted by Gasteiger charge is -2.35. The van der Waals surface area contributed by atoms with Crippen LogP contribution in [0.4, 0.5) is 10.2 Å². The Morgan fingerprint density at radius 2 is 1.69 bits per heavy atom. The summed E-state index contributed by atoms with van der Waals surface area (Å²) in [4.78, 5) is 16.6. The minimum atomic E-state index is -0.278. The Hall–Kier alpha value is -3.48. The molecule has 1 fully saturated rings. The average Bonchev–Trinajstić information content (AvgIpc) is 2.81. The number of ether oxygens (including phenoxy) is 1. The van der Waals surface area contributed by atoms with Gasteiger partial charge in [0, 0.05) is 31.7 Å². The first-order chi connectivity index (χ1) is 15.4. The van der Waals surface area contributed by atoms with Crippen LogP contribution in [0.25, 0.3) is 11.3 Å². The van der Waals surface area contributed by atoms with Crippen molar-refractivity contribution >= 4 is 11.7 Å². The van der Waals surface area contributed by atoms with Gasteiger partial charge in [-0.15, -0.1) is 10.2 Å². The maximum absolute atomic E-state index is 13.1. The van der Waals surface area contributed by atoms with Gasteiger partial charge in [0.2, 0.25) is 0 Å². The molecule has 166 valence electrons. The van der Waals surface area contributed by atoms with E-state index < -0.39 is 0 Å². The fraction of sp³-hybridized carbons (Fsp3) is 0.320. The molecule has 0 spiro atoms. The second-order valence-corrected chi connectivity index (χ2v) is 8.15. The van der Waals surface area contributed by atoms with E-state index in [4.69, 9.17) is 4.74 Å². The molecule has 0 saturated carbocycles. The Labute approximate surface area is 187 Å². The zero-order chi connectivity index (χ0) is 22.7. The zero-order valence-electron chi connectivity index (χ0n) is 18.6. The van der Waals surface area contributed by atoms with Crippen LogP contribution >= 0.6 is 0 Å². The first kappa shape index (κ1) is 21.7. The van der Waals surface area contributed by atoms with Crippen LogP contribution in [0.5, 0.6) is 5.75 Å². The van der Waals surface area contributed by atoms with Crippen LogP contribution in [-0.4, -0.2) is 53.8 Å². The Kier molecular flexibility index (Phi) is 6.35. The summed E-state index contributed by atoms with van der Waals surface area (Å²) in [7, 11) is 0. The Morgan fingerprint density at radius 1 is 0.969 bits per heavy atom. The van der Waals surface area contributed by atoms with Crippen molar-refractivity contribution in [1.82, 2.24) is 15.1 Å². The number of benzene rings is 2. The van der Waals surface area contributed by atoms with Gasteiger partial charge in [-0.05, 0) is 79.9 Å². The molecule has 4 rings (SSSR count). The van der Waals surface area contributed by atoms with E-state index in [0.29, 0.717) is 31.9 Å². The fourth-order valence-corrected chi connectivity index (χ4v) is 3.83. The normalized spacial score (nSPS) is 13.9. The topological polar surface area (TPSA) is 58.6 Å². The summed E-state index contributed by atoms with van der Waals surface area (Å²) in [5, 5.41) is 8.61. The molecule has 3 aromatic rings. The summed E-state index contributed by atoms with van der Waals surface area (Å²) in [5.74, 6) is 1.25. The van der Waals surface area contributed by atoms with Crippen LogP contribution < -0.4 is 9.64 Å². The number of aryl methyl sites for hydroxylation is 2. The predicted octanol–water partition coefficient (Wildman–Crippen LogP) is 3.94. The van der Waals surface area contributed by atoms with Crippen molar-refractivity contribution in [2.24, 2.45) is 0 Å². The molecule has 32 heavy (non-hydrogen) atoms. The smallest absolute Gasteiger partial charge is 0.260 e. The monoisotopic (exact) mass is 434 g/mol. The lowest BCUT2D eigenvalue weighted by atomic mass is 10.1. The number of anilines is 1. The molecule has 2 heterocycles. The molecule has 0 atom stereocenters. The SMILES string of the molecule is Cc1cc(C)c(C)c(OCC(=O)N2CCN(c3ccc(-c4ccc(F)cc4)nn3)CC2)c1. The number of nitrogens with zero attached hydrogens (tertiary/aromatic N) is 4. The zero-order valence-corrected chi connectivity index (χ0v) is 18.6. The van der Waals surface area contributed by atoms with Gasteiger partial charge in [0.05, 0.1) is 5.69 Å². The molecule has 1 amide bonds. The molecule has 1 aromatic heterocycles. The molecule has 7 heteroatoms. The quantitative estimate of drug-likeness (QED) is 0.609. The summed E-state index contributed by atoms with van der Waals surface area (Å²) >= 11 is 0. The highest BCUT2D eigenvalue weighted by Crippen LogP contribution is 2.24. The first-order valence-electron chi connectivity index (χ1n) is 10.7. The van der Waals surface area contributed by atoms with E-state index >= 15 is 0 Å². The van der Waals surface area contributed by atoms with E-state index in [-0.39, 0.29) is 18.3 Å². The van der Waals surface area contributed by atoms with E-state index in [1.807, 2.05) is 43.9 Å². The maximum Gasteiger partial charge on any atom is 0.260 e. The van der Waals surface area contributed by atoms with Crippen molar-refractivity contribution in [3.8, 4) is 17.0 Å². The number of amides is 1. The van der Waals surface area contributed by atoms with Gasteiger partial charge in [-0.3, -0.25) is 4.79 Å². The standard InChI is InChI=1S/C25H27FN4O2/c1-17-14-18(2)19(3)23(15-17)32-16-25(31)30-12-10-29(11-13-30)24-9-8-22(27-28-24)20-4-6-21(26)7-5-20/h4-9,14-15H,10-13,16H2,1-3H3. The Balaban J connectivity index is 1.31. The van der Waals surface area contributed by atoms with E-state index in [1.54, 1.807) is 12.1 Å².